The van der Waals surface area contributed by atoms with Crippen molar-refractivity contribution >= 4 is 23.3 Å². The third kappa shape index (κ3) is 3.69. The number of aromatic nitrogens is 3. The lowest BCUT2D eigenvalue weighted by atomic mass is 10.0. The summed E-state index contributed by atoms with van der Waals surface area (Å²) < 4.78 is 1.79. The van der Waals surface area contributed by atoms with Crippen LogP contribution >= 0.6 is 0 Å². The average Bonchev–Trinajstić information content (AvgIpc) is 3.14. The summed E-state index contributed by atoms with van der Waals surface area (Å²) in [5, 5.41) is 10.2. The number of hydrogen-bond donors (Lipinski definition) is 2. The molecule has 4 rings (SSSR count). The number of para-hydroxylation sites is 1. The Morgan fingerprint density at radius 3 is 2.79 bits per heavy atom. The van der Waals surface area contributed by atoms with Crippen LogP contribution in [0.25, 0.3) is 0 Å². The van der Waals surface area contributed by atoms with E-state index in [9.17, 15) is 9.59 Å². The summed E-state index contributed by atoms with van der Waals surface area (Å²) >= 11 is 0. The van der Waals surface area contributed by atoms with E-state index in [-0.39, 0.29) is 11.8 Å². The number of amides is 2. The summed E-state index contributed by atoms with van der Waals surface area (Å²) in [6.07, 6.45) is 3.25. The first-order valence-corrected chi connectivity index (χ1v) is 9.40. The Balaban J connectivity index is 1.53. The van der Waals surface area contributed by atoms with E-state index < -0.39 is 6.17 Å². The van der Waals surface area contributed by atoms with Crippen molar-refractivity contribution in [2.45, 2.75) is 26.1 Å². The fourth-order valence-corrected chi connectivity index (χ4v) is 3.46. The summed E-state index contributed by atoms with van der Waals surface area (Å²) in [6, 6.07) is 12.8. The first kappa shape index (κ1) is 18.7. The van der Waals surface area contributed by atoms with Crippen molar-refractivity contribution < 1.29 is 9.59 Å². The first-order chi connectivity index (χ1) is 14.0. The minimum absolute atomic E-state index is 0.115. The molecule has 0 spiro atoms. The highest BCUT2D eigenvalue weighted by Gasteiger charge is 2.31. The number of nitrogens with one attached hydrogen (secondary N) is 2. The number of rotatable bonds is 5. The maximum absolute atomic E-state index is 12.5. The molecule has 2 amide bonds. The molecule has 0 bridgehead atoms. The minimum Gasteiger partial charge on any atom is -0.335 e. The van der Waals surface area contributed by atoms with Gasteiger partial charge in [-0.3, -0.25) is 14.3 Å². The molecule has 0 aliphatic carbocycles. The van der Waals surface area contributed by atoms with Gasteiger partial charge in [-0.2, -0.15) is 5.10 Å². The largest absolute Gasteiger partial charge is 0.335 e. The van der Waals surface area contributed by atoms with Crippen LogP contribution in [0.15, 0.2) is 54.9 Å². The quantitative estimate of drug-likeness (QED) is 0.698. The van der Waals surface area contributed by atoms with Crippen molar-refractivity contribution in [2.24, 2.45) is 0 Å². The van der Waals surface area contributed by atoms with E-state index in [0.717, 1.165) is 11.3 Å². The summed E-state index contributed by atoms with van der Waals surface area (Å²) in [5.41, 5.74) is 2.99. The summed E-state index contributed by atoms with van der Waals surface area (Å²) in [6.45, 7) is 2.46. The van der Waals surface area contributed by atoms with Gasteiger partial charge < -0.3 is 15.5 Å². The van der Waals surface area contributed by atoms with Gasteiger partial charge in [-0.1, -0.05) is 18.2 Å². The number of aryl methyl sites for hydroxylation is 2. The maximum atomic E-state index is 12.5. The van der Waals surface area contributed by atoms with Crippen LogP contribution in [-0.4, -0.2) is 33.6 Å². The van der Waals surface area contributed by atoms with Crippen LogP contribution in [0.5, 0.6) is 0 Å². The molecule has 0 radical (unpaired) electrons. The molecule has 0 unspecified atom stereocenters. The molecule has 1 aliphatic rings. The molecule has 3 aromatic rings. The molecule has 0 saturated heterocycles. The third-order valence-electron chi connectivity index (χ3n) is 5.03. The maximum Gasteiger partial charge on any atom is 0.256 e. The van der Waals surface area contributed by atoms with Crippen molar-refractivity contribution in [1.29, 1.82) is 0 Å². The number of benzene rings is 1. The Morgan fingerprint density at radius 1 is 1.17 bits per heavy atom. The molecule has 8 nitrogen and oxygen atoms in total. The fourth-order valence-electron chi connectivity index (χ4n) is 3.46. The van der Waals surface area contributed by atoms with Crippen LogP contribution in [-0.2, 0) is 11.3 Å². The van der Waals surface area contributed by atoms with Gasteiger partial charge >= 0.3 is 0 Å². The van der Waals surface area contributed by atoms with Crippen LogP contribution in [0.2, 0.25) is 0 Å². The molecule has 2 aromatic heterocycles. The predicted molar refractivity (Wildman–Crippen MR) is 109 cm³/mol. The zero-order chi connectivity index (χ0) is 20.4. The number of carbonyl (C=O) groups is 2. The molecule has 0 fully saturated rings. The van der Waals surface area contributed by atoms with Gasteiger partial charge in [-0.05, 0) is 31.2 Å². The first-order valence-electron chi connectivity index (χ1n) is 9.40. The topological polar surface area (TPSA) is 92.2 Å². The molecule has 29 heavy (non-hydrogen) atoms. The Hall–Kier alpha value is -3.68. The van der Waals surface area contributed by atoms with Crippen LogP contribution in [0.4, 0.5) is 11.5 Å². The number of nitrogens with zero attached hydrogens (tertiary/aromatic N) is 4. The van der Waals surface area contributed by atoms with Gasteiger partial charge in [0, 0.05) is 49.4 Å². The van der Waals surface area contributed by atoms with Gasteiger partial charge in [0.25, 0.3) is 5.91 Å². The number of carbonyl (C=O) groups excluding carboxylic acids is 2. The molecular weight excluding hydrogens is 368 g/mol. The van der Waals surface area contributed by atoms with E-state index in [0.29, 0.717) is 30.0 Å². The summed E-state index contributed by atoms with van der Waals surface area (Å²) in [7, 11) is 1.87. The fraction of sp³-hybridized carbons (Fsp3) is 0.238. The normalized spacial score (nSPS) is 15.6. The lowest BCUT2D eigenvalue weighted by molar-refractivity contribution is -0.116. The van der Waals surface area contributed by atoms with E-state index in [2.05, 4.69) is 20.7 Å². The average molecular weight is 390 g/mol. The molecule has 0 saturated carbocycles. The Bertz CT molecular complexity index is 1060. The summed E-state index contributed by atoms with van der Waals surface area (Å²) in [4.78, 5) is 31.3. The van der Waals surface area contributed by atoms with Gasteiger partial charge in [-0.25, -0.2) is 4.98 Å². The molecule has 2 N–H and O–H groups in total. The molecular formula is C21H22N6O2. The van der Waals surface area contributed by atoms with Crippen molar-refractivity contribution in [1.82, 2.24) is 20.1 Å². The zero-order valence-electron chi connectivity index (χ0n) is 16.3. The molecule has 1 aromatic carbocycles. The molecule has 148 valence electrons. The van der Waals surface area contributed by atoms with Crippen molar-refractivity contribution in [3.8, 4) is 0 Å². The van der Waals surface area contributed by atoms with E-state index in [1.807, 2.05) is 49.2 Å². The van der Waals surface area contributed by atoms with Crippen molar-refractivity contribution in [3.63, 3.8) is 0 Å². The number of pyridine rings is 1. The Kier molecular flexibility index (Phi) is 4.99. The second kappa shape index (κ2) is 7.75. The van der Waals surface area contributed by atoms with E-state index >= 15 is 0 Å². The molecule has 1 atom stereocenters. The standard InChI is InChI=1S/C21H22N6O2/c1-14-9-12-23-27(14)13-10-18(28)24-17-8-4-3-6-15(17)20-25-21(29)16-7-5-11-22-19(16)26(20)2/h3-9,11-12,20H,10,13H2,1-2H3,(H,24,28)(H,25,29)/t20-/m0/s1. The smallest absolute Gasteiger partial charge is 0.256 e. The van der Waals surface area contributed by atoms with E-state index in [1.54, 1.807) is 29.2 Å². The van der Waals surface area contributed by atoms with Gasteiger partial charge in [-0.15, -0.1) is 0 Å². The van der Waals surface area contributed by atoms with Gasteiger partial charge in [0.1, 0.15) is 12.0 Å². The zero-order valence-corrected chi connectivity index (χ0v) is 16.3. The van der Waals surface area contributed by atoms with Crippen molar-refractivity contribution in [3.05, 3.63) is 71.7 Å². The van der Waals surface area contributed by atoms with Crippen LogP contribution < -0.4 is 15.5 Å². The highest BCUT2D eigenvalue weighted by Crippen LogP contribution is 2.33. The predicted octanol–water partition coefficient (Wildman–Crippen LogP) is 2.49. The number of anilines is 2. The monoisotopic (exact) mass is 390 g/mol. The van der Waals surface area contributed by atoms with E-state index in [1.165, 1.54) is 0 Å². The van der Waals surface area contributed by atoms with Crippen LogP contribution in [0.3, 0.4) is 0 Å². The highest BCUT2D eigenvalue weighted by molar-refractivity contribution is 6.01. The van der Waals surface area contributed by atoms with Gasteiger partial charge in [0.2, 0.25) is 5.91 Å². The van der Waals surface area contributed by atoms with Crippen LogP contribution in [0.1, 0.15) is 34.2 Å². The molecule has 8 heteroatoms. The Labute approximate surface area is 168 Å². The number of fused-ring (bicyclic) bond motifs is 1. The van der Waals surface area contributed by atoms with Crippen molar-refractivity contribution in [2.75, 3.05) is 17.3 Å². The number of hydrogen-bond acceptors (Lipinski definition) is 5. The van der Waals surface area contributed by atoms with Gasteiger partial charge in [0.05, 0.1) is 5.56 Å². The second-order valence-electron chi connectivity index (χ2n) is 6.94. The highest BCUT2D eigenvalue weighted by atomic mass is 16.2. The van der Waals surface area contributed by atoms with E-state index in [4.69, 9.17) is 0 Å². The molecule has 1 aliphatic heterocycles. The second-order valence-corrected chi connectivity index (χ2v) is 6.94. The molecule has 3 heterocycles. The van der Waals surface area contributed by atoms with Crippen LogP contribution in [0, 0.1) is 6.92 Å². The lowest BCUT2D eigenvalue weighted by Crippen LogP contribution is -2.45. The minimum atomic E-state index is -0.435. The Morgan fingerprint density at radius 2 is 2.00 bits per heavy atom. The summed E-state index contributed by atoms with van der Waals surface area (Å²) in [5.74, 6) is 0.304. The third-order valence-corrected chi connectivity index (χ3v) is 5.03. The SMILES string of the molecule is Cc1ccnn1CCC(=O)Nc1ccccc1[C@H]1NC(=O)c2cccnc2N1C. The van der Waals surface area contributed by atoms with Gasteiger partial charge in [0.15, 0.2) is 0 Å². The lowest BCUT2D eigenvalue weighted by Gasteiger charge is -2.36.